The Bertz CT molecular complexity index is 422. The largest absolute Gasteiger partial charge is 0.393 e. The Kier molecular flexibility index (Phi) is 4.81. The summed E-state index contributed by atoms with van der Waals surface area (Å²) in [6.45, 7) is 4.56. The minimum Gasteiger partial charge on any atom is -0.393 e. The minimum atomic E-state index is -3.28. The van der Waals surface area contributed by atoms with Crippen molar-refractivity contribution in [1.82, 2.24) is 8.61 Å². The van der Waals surface area contributed by atoms with E-state index in [1.165, 1.54) is 0 Å². The highest BCUT2D eigenvalue weighted by Gasteiger charge is 2.34. The van der Waals surface area contributed by atoms with Crippen molar-refractivity contribution in [3.05, 3.63) is 0 Å². The van der Waals surface area contributed by atoms with Gasteiger partial charge in [0.1, 0.15) is 0 Å². The number of hydrogen-bond acceptors (Lipinski definition) is 3. The Morgan fingerprint density at radius 3 is 1.89 bits per heavy atom. The molecule has 0 bridgehead atoms. The van der Waals surface area contributed by atoms with Gasteiger partial charge in [-0.05, 0) is 31.6 Å². The van der Waals surface area contributed by atoms with Crippen LogP contribution in [0.1, 0.15) is 32.6 Å². The Morgan fingerprint density at radius 1 is 1.05 bits per heavy atom. The topological polar surface area (TPSA) is 66.6 Å². The third-order valence-corrected chi connectivity index (χ3v) is 6.62. The van der Waals surface area contributed by atoms with Crippen LogP contribution in [0.3, 0.4) is 0 Å². The fourth-order valence-corrected chi connectivity index (χ4v) is 4.66. The molecular weight excluding hydrogens is 282 g/mol. The van der Waals surface area contributed by atoms with Gasteiger partial charge < -0.3 is 5.73 Å². The fourth-order valence-electron chi connectivity index (χ4n) is 2.75. The van der Waals surface area contributed by atoms with Crippen molar-refractivity contribution >= 4 is 27.4 Å². The molecule has 2 rings (SSSR count). The summed E-state index contributed by atoms with van der Waals surface area (Å²) in [6.07, 6.45) is 3.42. The second kappa shape index (κ2) is 6.03. The number of hydrogen-bond donors (Lipinski definition) is 1. The van der Waals surface area contributed by atoms with E-state index >= 15 is 0 Å². The summed E-state index contributed by atoms with van der Waals surface area (Å²) in [5, 5.41) is 0. The summed E-state index contributed by atoms with van der Waals surface area (Å²) < 4.78 is 28.3. The number of piperidine rings is 2. The maximum absolute atomic E-state index is 12.5. The molecule has 7 heteroatoms. The minimum absolute atomic E-state index is 0.197. The SMILES string of the molecule is CC1CCN(S(=O)(=O)N2CCC(C(N)=S)CC2)CC1. The summed E-state index contributed by atoms with van der Waals surface area (Å²) >= 11 is 4.99. The smallest absolute Gasteiger partial charge is 0.281 e. The van der Waals surface area contributed by atoms with Crippen LogP contribution in [0.4, 0.5) is 0 Å². The molecule has 0 spiro atoms. The highest BCUT2D eigenvalue weighted by molar-refractivity contribution is 7.86. The maximum Gasteiger partial charge on any atom is 0.281 e. The molecule has 0 atom stereocenters. The molecule has 2 aliphatic heterocycles. The van der Waals surface area contributed by atoms with Gasteiger partial charge in [0, 0.05) is 32.1 Å². The first kappa shape index (κ1) is 15.2. The number of rotatable bonds is 3. The summed E-state index contributed by atoms with van der Waals surface area (Å²) in [5.41, 5.74) is 5.63. The summed E-state index contributed by atoms with van der Waals surface area (Å²) in [7, 11) is -3.28. The molecule has 110 valence electrons. The van der Waals surface area contributed by atoms with Crippen molar-refractivity contribution in [1.29, 1.82) is 0 Å². The van der Waals surface area contributed by atoms with Crippen LogP contribution in [0.25, 0.3) is 0 Å². The monoisotopic (exact) mass is 305 g/mol. The van der Waals surface area contributed by atoms with Gasteiger partial charge in [0.15, 0.2) is 0 Å². The molecule has 2 N–H and O–H groups in total. The molecule has 0 saturated carbocycles. The quantitative estimate of drug-likeness (QED) is 0.789. The second-order valence-corrected chi connectivity index (χ2v) is 8.06. The van der Waals surface area contributed by atoms with E-state index in [4.69, 9.17) is 18.0 Å². The van der Waals surface area contributed by atoms with E-state index in [0.717, 1.165) is 25.7 Å². The highest BCUT2D eigenvalue weighted by atomic mass is 32.2. The zero-order chi connectivity index (χ0) is 14.0. The van der Waals surface area contributed by atoms with Gasteiger partial charge in [-0.3, -0.25) is 0 Å². The van der Waals surface area contributed by atoms with E-state index in [-0.39, 0.29) is 5.92 Å². The lowest BCUT2D eigenvalue weighted by molar-refractivity contribution is 0.246. The normalized spacial score (nSPS) is 25.5. The molecule has 5 nitrogen and oxygen atoms in total. The van der Waals surface area contributed by atoms with Gasteiger partial charge in [-0.2, -0.15) is 17.0 Å². The van der Waals surface area contributed by atoms with Gasteiger partial charge in [-0.25, -0.2) is 0 Å². The van der Waals surface area contributed by atoms with E-state index in [9.17, 15) is 8.42 Å². The molecule has 2 saturated heterocycles. The zero-order valence-corrected chi connectivity index (χ0v) is 13.0. The van der Waals surface area contributed by atoms with E-state index < -0.39 is 10.2 Å². The van der Waals surface area contributed by atoms with Gasteiger partial charge in [0.2, 0.25) is 0 Å². The van der Waals surface area contributed by atoms with Crippen molar-refractivity contribution in [3.63, 3.8) is 0 Å². The third kappa shape index (κ3) is 3.45. The standard InChI is InChI=1S/C12H23N3O2S2/c1-10-2-6-14(7-3-10)19(16,17)15-8-4-11(5-9-15)12(13)18/h10-11H,2-9H2,1H3,(H2,13,18). The van der Waals surface area contributed by atoms with Crippen LogP contribution in [0, 0.1) is 11.8 Å². The number of nitrogens with two attached hydrogens (primary N) is 1. The third-order valence-electron chi connectivity index (χ3n) is 4.25. The van der Waals surface area contributed by atoms with Crippen LogP contribution in [-0.2, 0) is 10.2 Å². The van der Waals surface area contributed by atoms with Gasteiger partial charge >= 0.3 is 0 Å². The molecule has 2 aliphatic rings. The van der Waals surface area contributed by atoms with E-state index in [2.05, 4.69) is 6.92 Å². The molecule has 0 radical (unpaired) electrons. The molecule has 0 aromatic carbocycles. The lowest BCUT2D eigenvalue weighted by atomic mass is 9.98. The van der Waals surface area contributed by atoms with E-state index in [1.807, 2.05) is 0 Å². The van der Waals surface area contributed by atoms with Crippen LogP contribution in [0.2, 0.25) is 0 Å². The van der Waals surface area contributed by atoms with Crippen LogP contribution in [-0.4, -0.2) is 48.2 Å². The Labute approximate surface area is 121 Å². The Balaban J connectivity index is 1.96. The molecule has 2 fully saturated rings. The van der Waals surface area contributed by atoms with E-state index in [0.29, 0.717) is 37.1 Å². The van der Waals surface area contributed by atoms with E-state index in [1.54, 1.807) is 8.61 Å². The Morgan fingerprint density at radius 2 is 1.47 bits per heavy atom. The van der Waals surface area contributed by atoms with Crippen LogP contribution >= 0.6 is 12.2 Å². The molecule has 0 amide bonds. The predicted octanol–water partition coefficient (Wildman–Crippen LogP) is 0.961. The summed E-state index contributed by atoms with van der Waals surface area (Å²) in [5.74, 6) is 0.828. The zero-order valence-electron chi connectivity index (χ0n) is 11.4. The Hall–Kier alpha value is -0.240. The van der Waals surface area contributed by atoms with Crippen molar-refractivity contribution in [2.45, 2.75) is 32.6 Å². The molecule has 0 aromatic rings. The van der Waals surface area contributed by atoms with Crippen molar-refractivity contribution in [3.8, 4) is 0 Å². The second-order valence-electron chi connectivity index (χ2n) is 5.67. The molecule has 0 aliphatic carbocycles. The average Bonchev–Trinajstić information content (AvgIpc) is 2.39. The first-order valence-electron chi connectivity index (χ1n) is 6.96. The summed E-state index contributed by atoms with van der Waals surface area (Å²) in [6, 6.07) is 0. The van der Waals surface area contributed by atoms with Gasteiger partial charge in [0.05, 0.1) is 4.99 Å². The average molecular weight is 305 g/mol. The molecular formula is C12H23N3O2S2. The lowest BCUT2D eigenvalue weighted by Gasteiger charge is -2.37. The van der Waals surface area contributed by atoms with Crippen molar-refractivity contribution < 1.29 is 8.42 Å². The van der Waals surface area contributed by atoms with Crippen LogP contribution < -0.4 is 5.73 Å². The lowest BCUT2D eigenvalue weighted by Crippen LogP contribution is -2.50. The molecule has 0 unspecified atom stereocenters. The first-order valence-corrected chi connectivity index (χ1v) is 8.76. The maximum atomic E-state index is 12.5. The first-order chi connectivity index (χ1) is 8.91. The van der Waals surface area contributed by atoms with Gasteiger partial charge in [-0.15, -0.1) is 0 Å². The fraction of sp³-hybridized carbons (Fsp3) is 0.917. The molecule has 19 heavy (non-hydrogen) atoms. The highest BCUT2D eigenvalue weighted by Crippen LogP contribution is 2.25. The molecule has 0 aromatic heterocycles. The van der Waals surface area contributed by atoms with Crippen molar-refractivity contribution in [2.75, 3.05) is 26.2 Å². The van der Waals surface area contributed by atoms with Crippen molar-refractivity contribution in [2.24, 2.45) is 17.6 Å². The summed E-state index contributed by atoms with van der Waals surface area (Å²) in [4.78, 5) is 0.517. The number of thiocarbonyl (C=S) groups is 1. The van der Waals surface area contributed by atoms with Gasteiger partial charge in [-0.1, -0.05) is 19.1 Å². The predicted molar refractivity (Wildman–Crippen MR) is 80.0 cm³/mol. The van der Waals surface area contributed by atoms with Crippen LogP contribution in [0.15, 0.2) is 0 Å². The molecule has 2 heterocycles. The van der Waals surface area contributed by atoms with Crippen LogP contribution in [0.5, 0.6) is 0 Å². The number of nitrogens with zero attached hydrogens (tertiary/aromatic N) is 2. The van der Waals surface area contributed by atoms with Gasteiger partial charge in [0.25, 0.3) is 10.2 Å².